The SMILES string of the molecule is CN(CC(=O)Nc1cnn(-c2ccccc2)c1)C1CCS(=O)(=O)C1. The van der Waals surface area contributed by atoms with Gasteiger partial charge in [0.25, 0.3) is 0 Å². The number of para-hydroxylation sites is 1. The molecule has 1 unspecified atom stereocenters. The summed E-state index contributed by atoms with van der Waals surface area (Å²) < 4.78 is 24.7. The van der Waals surface area contributed by atoms with Crippen molar-refractivity contribution in [3.63, 3.8) is 0 Å². The van der Waals surface area contributed by atoms with Crippen molar-refractivity contribution in [3.8, 4) is 5.69 Å². The molecule has 1 aromatic carbocycles. The number of hydrogen-bond acceptors (Lipinski definition) is 5. The third-order valence-electron chi connectivity index (χ3n) is 4.11. The van der Waals surface area contributed by atoms with Gasteiger partial charge in [-0.15, -0.1) is 0 Å². The minimum atomic E-state index is -2.95. The Labute approximate surface area is 141 Å². The maximum Gasteiger partial charge on any atom is 0.238 e. The third-order valence-corrected chi connectivity index (χ3v) is 5.86. The van der Waals surface area contributed by atoms with Crippen LogP contribution in [0, 0.1) is 0 Å². The maximum atomic E-state index is 12.1. The lowest BCUT2D eigenvalue weighted by Gasteiger charge is -2.21. The molecule has 1 aliphatic rings. The first-order valence-electron chi connectivity index (χ1n) is 7.73. The predicted octanol–water partition coefficient (Wildman–Crippen LogP) is 0.930. The highest BCUT2D eigenvalue weighted by Gasteiger charge is 2.31. The van der Waals surface area contributed by atoms with E-state index < -0.39 is 9.84 Å². The van der Waals surface area contributed by atoms with Gasteiger partial charge in [0.1, 0.15) is 0 Å². The van der Waals surface area contributed by atoms with Gasteiger partial charge in [-0.2, -0.15) is 5.10 Å². The molecule has 0 radical (unpaired) electrons. The van der Waals surface area contributed by atoms with Crippen molar-refractivity contribution < 1.29 is 13.2 Å². The van der Waals surface area contributed by atoms with Crippen molar-refractivity contribution in [1.82, 2.24) is 14.7 Å². The highest BCUT2D eigenvalue weighted by Crippen LogP contribution is 2.16. The molecule has 1 saturated heterocycles. The maximum absolute atomic E-state index is 12.1. The summed E-state index contributed by atoms with van der Waals surface area (Å²) in [5.41, 5.74) is 1.52. The fraction of sp³-hybridized carbons (Fsp3) is 0.375. The topological polar surface area (TPSA) is 84.3 Å². The molecular weight excluding hydrogens is 328 g/mol. The Kier molecular flexibility index (Phi) is 4.68. The quantitative estimate of drug-likeness (QED) is 0.869. The Balaban J connectivity index is 1.57. The fourth-order valence-electron chi connectivity index (χ4n) is 2.79. The molecule has 1 aromatic heterocycles. The Bertz CT molecular complexity index is 817. The fourth-order valence-corrected chi connectivity index (χ4v) is 4.59. The van der Waals surface area contributed by atoms with Crippen LogP contribution < -0.4 is 5.32 Å². The lowest BCUT2D eigenvalue weighted by atomic mass is 10.2. The number of nitrogens with one attached hydrogen (secondary N) is 1. The molecule has 0 aliphatic carbocycles. The molecule has 0 spiro atoms. The summed E-state index contributed by atoms with van der Waals surface area (Å²) in [6.07, 6.45) is 3.91. The molecule has 1 amide bonds. The summed E-state index contributed by atoms with van der Waals surface area (Å²) in [7, 11) is -1.17. The number of hydrogen-bond donors (Lipinski definition) is 1. The minimum Gasteiger partial charge on any atom is -0.322 e. The van der Waals surface area contributed by atoms with Crippen LogP contribution in [0.15, 0.2) is 42.7 Å². The second-order valence-electron chi connectivity index (χ2n) is 6.03. The van der Waals surface area contributed by atoms with Gasteiger partial charge < -0.3 is 5.32 Å². The zero-order valence-electron chi connectivity index (χ0n) is 13.4. The molecule has 0 saturated carbocycles. The summed E-state index contributed by atoms with van der Waals surface area (Å²) in [6.45, 7) is 0.150. The molecule has 0 bridgehead atoms. The van der Waals surface area contributed by atoms with Crippen molar-refractivity contribution >= 4 is 21.4 Å². The minimum absolute atomic E-state index is 0.0900. The van der Waals surface area contributed by atoms with Crippen LogP contribution in [0.5, 0.6) is 0 Å². The molecule has 7 nitrogen and oxygen atoms in total. The molecule has 1 fully saturated rings. The molecule has 1 N–H and O–H groups in total. The summed E-state index contributed by atoms with van der Waals surface area (Å²) in [6, 6.07) is 9.52. The second-order valence-corrected chi connectivity index (χ2v) is 8.26. The van der Waals surface area contributed by atoms with E-state index in [1.165, 1.54) is 0 Å². The second kappa shape index (κ2) is 6.74. The Morgan fingerprint density at radius 1 is 1.38 bits per heavy atom. The first-order valence-corrected chi connectivity index (χ1v) is 9.56. The Morgan fingerprint density at radius 2 is 2.12 bits per heavy atom. The molecule has 1 aliphatic heterocycles. The van der Waals surface area contributed by atoms with E-state index in [0.29, 0.717) is 12.1 Å². The van der Waals surface area contributed by atoms with E-state index in [4.69, 9.17) is 0 Å². The molecule has 24 heavy (non-hydrogen) atoms. The van der Waals surface area contributed by atoms with Crippen LogP contribution in [0.3, 0.4) is 0 Å². The Morgan fingerprint density at radius 3 is 2.79 bits per heavy atom. The lowest BCUT2D eigenvalue weighted by molar-refractivity contribution is -0.117. The van der Waals surface area contributed by atoms with Crippen molar-refractivity contribution in [2.75, 3.05) is 30.4 Å². The van der Waals surface area contributed by atoms with Crippen LogP contribution in [0.4, 0.5) is 5.69 Å². The van der Waals surface area contributed by atoms with E-state index in [1.54, 1.807) is 29.0 Å². The smallest absolute Gasteiger partial charge is 0.238 e. The summed E-state index contributed by atoms with van der Waals surface area (Å²) in [4.78, 5) is 13.9. The van der Waals surface area contributed by atoms with E-state index in [2.05, 4.69) is 10.4 Å². The summed E-state index contributed by atoms with van der Waals surface area (Å²) >= 11 is 0. The van der Waals surface area contributed by atoms with E-state index >= 15 is 0 Å². The number of rotatable bonds is 5. The van der Waals surface area contributed by atoms with Crippen molar-refractivity contribution in [2.45, 2.75) is 12.5 Å². The van der Waals surface area contributed by atoms with E-state index in [0.717, 1.165) is 5.69 Å². The van der Waals surface area contributed by atoms with Crippen LogP contribution in [-0.2, 0) is 14.6 Å². The van der Waals surface area contributed by atoms with Crippen LogP contribution in [0.1, 0.15) is 6.42 Å². The van der Waals surface area contributed by atoms with E-state index in [9.17, 15) is 13.2 Å². The normalized spacial score (nSPS) is 19.5. The molecule has 8 heteroatoms. The largest absolute Gasteiger partial charge is 0.322 e. The molecule has 128 valence electrons. The molecule has 2 heterocycles. The number of aromatic nitrogens is 2. The zero-order valence-corrected chi connectivity index (χ0v) is 14.2. The average Bonchev–Trinajstić information content (AvgIpc) is 3.14. The number of nitrogens with zero attached hydrogens (tertiary/aromatic N) is 3. The number of carbonyl (C=O) groups excluding carboxylic acids is 1. The van der Waals surface area contributed by atoms with Gasteiger partial charge in [-0.25, -0.2) is 13.1 Å². The standard InChI is InChI=1S/C16H20N4O3S/c1-19(15-7-8-24(22,23)12-15)11-16(21)18-13-9-17-20(10-13)14-5-3-2-4-6-14/h2-6,9-10,15H,7-8,11-12H2,1H3,(H,18,21). The van der Waals surface area contributed by atoms with Gasteiger partial charge in [-0.3, -0.25) is 9.69 Å². The number of amides is 1. The van der Waals surface area contributed by atoms with Gasteiger partial charge in [-0.05, 0) is 25.6 Å². The monoisotopic (exact) mass is 348 g/mol. The predicted molar refractivity (Wildman–Crippen MR) is 91.9 cm³/mol. The highest BCUT2D eigenvalue weighted by molar-refractivity contribution is 7.91. The summed E-state index contributed by atoms with van der Waals surface area (Å²) in [5, 5.41) is 7.02. The number of likely N-dealkylation sites (N-methyl/N-ethyl adjacent to an activating group) is 1. The number of carbonyl (C=O) groups is 1. The van der Waals surface area contributed by atoms with Crippen molar-refractivity contribution in [3.05, 3.63) is 42.7 Å². The lowest BCUT2D eigenvalue weighted by Crippen LogP contribution is -2.38. The van der Waals surface area contributed by atoms with Gasteiger partial charge >= 0.3 is 0 Å². The van der Waals surface area contributed by atoms with Crippen LogP contribution in [0.2, 0.25) is 0 Å². The van der Waals surface area contributed by atoms with Crippen LogP contribution in [-0.4, -0.2) is 60.1 Å². The van der Waals surface area contributed by atoms with Crippen molar-refractivity contribution in [1.29, 1.82) is 0 Å². The summed E-state index contributed by atoms with van der Waals surface area (Å²) in [5.74, 6) is 0.144. The van der Waals surface area contributed by atoms with Gasteiger partial charge in [-0.1, -0.05) is 18.2 Å². The van der Waals surface area contributed by atoms with Crippen LogP contribution in [0.25, 0.3) is 5.69 Å². The Hall–Kier alpha value is -2.19. The number of anilines is 1. The van der Waals surface area contributed by atoms with Gasteiger partial charge in [0.2, 0.25) is 5.91 Å². The van der Waals surface area contributed by atoms with E-state index in [-0.39, 0.29) is 30.0 Å². The van der Waals surface area contributed by atoms with Crippen LogP contribution >= 0.6 is 0 Å². The van der Waals surface area contributed by atoms with Gasteiger partial charge in [0.15, 0.2) is 9.84 Å². The number of benzene rings is 1. The highest BCUT2D eigenvalue weighted by atomic mass is 32.2. The van der Waals surface area contributed by atoms with Gasteiger partial charge in [0.05, 0.1) is 41.8 Å². The third kappa shape index (κ3) is 4.01. The van der Waals surface area contributed by atoms with Gasteiger partial charge in [0, 0.05) is 6.04 Å². The average molecular weight is 348 g/mol. The molecule has 2 aromatic rings. The molecule has 1 atom stereocenters. The first kappa shape index (κ1) is 16.7. The molecule has 3 rings (SSSR count). The van der Waals surface area contributed by atoms with Crippen molar-refractivity contribution in [2.24, 2.45) is 0 Å². The van der Waals surface area contributed by atoms with E-state index in [1.807, 2.05) is 30.3 Å². The first-order chi connectivity index (χ1) is 11.4. The zero-order chi connectivity index (χ0) is 17.2. The molecular formula is C16H20N4O3S. The number of sulfone groups is 1.